The molecule has 6 nitrogen and oxygen atoms in total. The number of carbonyl (C=O) groups excluding carboxylic acids is 1. The minimum absolute atomic E-state index is 0.0980. The molecule has 0 spiro atoms. The zero-order valence-corrected chi connectivity index (χ0v) is 11.5. The number of rotatable bonds is 3. The molecule has 0 atom stereocenters. The zero-order valence-electron chi connectivity index (χ0n) is 11.5. The molecule has 0 aliphatic heterocycles. The molecule has 0 saturated heterocycles. The maximum atomic E-state index is 12.2. The Morgan fingerprint density at radius 2 is 1.90 bits per heavy atom. The summed E-state index contributed by atoms with van der Waals surface area (Å²) in [6.45, 7) is 3.80. The molecular formula is C14H15N3O3. The lowest BCUT2D eigenvalue weighted by Crippen LogP contribution is -2.16. The number of anilines is 1. The molecule has 6 heteroatoms. The van der Waals surface area contributed by atoms with Gasteiger partial charge in [-0.1, -0.05) is 18.2 Å². The fraction of sp³-hybridized carbons (Fsp3) is 0.214. The van der Waals surface area contributed by atoms with Gasteiger partial charge in [0.2, 0.25) is 0 Å². The molecule has 0 unspecified atom stereocenters. The van der Waals surface area contributed by atoms with E-state index in [0.717, 1.165) is 16.8 Å². The van der Waals surface area contributed by atoms with Gasteiger partial charge in [0.25, 0.3) is 11.6 Å². The van der Waals surface area contributed by atoms with E-state index in [0.29, 0.717) is 0 Å². The molecule has 2 rings (SSSR count). The van der Waals surface area contributed by atoms with E-state index < -0.39 is 4.92 Å². The fourth-order valence-corrected chi connectivity index (χ4v) is 2.06. The normalized spacial score (nSPS) is 10.3. The third-order valence-corrected chi connectivity index (χ3v) is 3.15. The number of amides is 1. The van der Waals surface area contributed by atoms with Crippen LogP contribution in [0.25, 0.3) is 0 Å². The van der Waals surface area contributed by atoms with Crippen molar-refractivity contribution in [2.24, 2.45) is 7.05 Å². The molecule has 0 radical (unpaired) electrons. The lowest BCUT2D eigenvalue weighted by Gasteiger charge is -2.11. The first kappa shape index (κ1) is 13.8. The molecule has 0 aliphatic carbocycles. The highest BCUT2D eigenvalue weighted by molar-refractivity contribution is 6.04. The number of hydrogen-bond acceptors (Lipinski definition) is 3. The zero-order chi connectivity index (χ0) is 14.9. The van der Waals surface area contributed by atoms with Crippen LogP contribution in [0, 0.1) is 24.0 Å². The van der Waals surface area contributed by atoms with Gasteiger partial charge in [-0.25, -0.2) is 0 Å². The van der Waals surface area contributed by atoms with E-state index in [2.05, 4.69) is 5.32 Å². The number of nitrogens with one attached hydrogen (secondary N) is 1. The summed E-state index contributed by atoms with van der Waals surface area (Å²) >= 11 is 0. The van der Waals surface area contributed by atoms with Crippen LogP contribution in [0.15, 0.2) is 30.5 Å². The first-order valence-electron chi connectivity index (χ1n) is 6.08. The van der Waals surface area contributed by atoms with Gasteiger partial charge in [-0.3, -0.25) is 14.9 Å². The third kappa shape index (κ3) is 2.54. The van der Waals surface area contributed by atoms with Crippen LogP contribution in [-0.2, 0) is 7.05 Å². The summed E-state index contributed by atoms with van der Waals surface area (Å²) < 4.78 is 1.45. The largest absolute Gasteiger partial charge is 0.340 e. The van der Waals surface area contributed by atoms with E-state index in [4.69, 9.17) is 0 Å². The van der Waals surface area contributed by atoms with Gasteiger partial charge in [-0.05, 0) is 25.0 Å². The van der Waals surface area contributed by atoms with Gasteiger partial charge in [0.05, 0.1) is 11.1 Å². The summed E-state index contributed by atoms with van der Waals surface area (Å²) in [7, 11) is 1.60. The van der Waals surface area contributed by atoms with E-state index >= 15 is 0 Å². The van der Waals surface area contributed by atoms with E-state index in [-0.39, 0.29) is 17.3 Å². The molecule has 1 aromatic carbocycles. The van der Waals surface area contributed by atoms with E-state index in [1.807, 2.05) is 32.0 Å². The van der Waals surface area contributed by atoms with Gasteiger partial charge >= 0.3 is 0 Å². The maximum absolute atomic E-state index is 12.2. The molecule has 1 amide bonds. The summed E-state index contributed by atoms with van der Waals surface area (Å²) in [5.74, 6) is -0.363. The first-order valence-corrected chi connectivity index (χ1v) is 6.08. The average Bonchev–Trinajstić information content (AvgIpc) is 2.76. The minimum atomic E-state index is -0.518. The molecule has 1 aromatic heterocycles. The topological polar surface area (TPSA) is 77.2 Å². The van der Waals surface area contributed by atoms with Gasteiger partial charge in [-0.2, -0.15) is 0 Å². The van der Waals surface area contributed by atoms with Gasteiger partial charge in [0.1, 0.15) is 5.69 Å². The molecule has 0 aliphatic rings. The van der Waals surface area contributed by atoms with E-state index in [1.165, 1.54) is 16.8 Å². The smallest absolute Gasteiger partial charge is 0.287 e. The highest BCUT2D eigenvalue weighted by Gasteiger charge is 2.18. The SMILES string of the molecule is Cc1cccc(C)c1NC(=O)c1cc([N+](=O)[O-])cn1C. The number of aryl methyl sites for hydroxylation is 3. The van der Waals surface area contributed by atoms with Crippen molar-refractivity contribution in [3.05, 3.63) is 57.4 Å². The molecule has 0 fully saturated rings. The van der Waals surface area contributed by atoms with Crippen molar-refractivity contribution in [3.8, 4) is 0 Å². The molecule has 0 bridgehead atoms. The number of nitrogens with zero attached hydrogens (tertiary/aromatic N) is 2. The first-order chi connectivity index (χ1) is 9.40. The second-order valence-corrected chi connectivity index (χ2v) is 4.67. The Morgan fingerprint density at radius 3 is 2.40 bits per heavy atom. The van der Waals surface area contributed by atoms with Crippen LogP contribution in [0.5, 0.6) is 0 Å². The van der Waals surface area contributed by atoms with Crippen LogP contribution in [0.2, 0.25) is 0 Å². The van der Waals surface area contributed by atoms with Crippen LogP contribution in [0.1, 0.15) is 21.6 Å². The number of para-hydroxylation sites is 1. The second kappa shape index (κ2) is 5.16. The van der Waals surface area contributed by atoms with Crippen LogP contribution >= 0.6 is 0 Å². The van der Waals surface area contributed by atoms with E-state index in [9.17, 15) is 14.9 Å². The summed E-state index contributed by atoms with van der Waals surface area (Å²) in [4.78, 5) is 22.4. The second-order valence-electron chi connectivity index (χ2n) is 4.67. The Kier molecular flexibility index (Phi) is 3.56. The van der Waals surface area contributed by atoms with Crippen molar-refractivity contribution in [2.75, 3.05) is 5.32 Å². The van der Waals surface area contributed by atoms with Crippen LogP contribution in [0.4, 0.5) is 11.4 Å². The molecule has 20 heavy (non-hydrogen) atoms. The summed E-state index contributed by atoms with van der Waals surface area (Å²) in [5.41, 5.74) is 2.78. The molecule has 1 heterocycles. The Bertz CT molecular complexity index is 669. The predicted molar refractivity (Wildman–Crippen MR) is 75.9 cm³/mol. The lowest BCUT2D eigenvalue weighted by atomic mass is 10.1. The van der Waals surface area contributed by atoms with Gasteiger partial charge in [0, 0.05) is 18.8 Å². The predicted octanol–water partition coefficient (Wildman–Crippen LogP) is 2.80. The molecule has 0 saturated carbocycles. The molecule has 1 N–H and O–H groups in total. The van der Waals surface area contributed by atoms with Crippen molar-refractivity contribution in [2.45, 2.75) is 13.8 Å². The summed E-state index contributed by atoms with van der Waals surface area (Å²) in [6, 6.07) is 6.97. The quantitative estimate of drug-likeness (QED) is 0.690. The lowest BCUT2D eigenvalue weighted by molar-refractivity contribution is -0.384. The monoisotopic (exact) mass is 273 g/mol. The highest BCUT2D eigenvalue weighted by Crippen LogP contribution is 2.21. The van der Waals surface area contributed by atoms with Crippen LogP contribution < -0.4 is 5.32 Å². The average molecular weight is 273 g/mol. The number of benzene rings is 1. The van der Waals surface area contributed by atoms with E-state index in [1.54, 1.807) is 7.05 Å². The van der Waals surface area contributed by atoms with Crippen molar-refractivity contribution >= 4 is 17.3 Å². The van der Waals surface area contributed by atoms with Gasteiger partial charge in [-0.15, -0.1) is 0 Å². The Morgan fingerprint density at radius 1 is 1.30 bits per heavy atom. The summed E-state index contributed by atoms with van der Waals surface area (Å²) in [5, 5.41) is 13.5. The number of aromatic nitrogens is 1. The molecule has 104 valence electrons. The molecule has 2 aromatic rings. The van der Waals surface area contributed by atoms with Crippen LogP contribution in [-0.4, -0.2) is 15.4 Å². The van der Waals surface area contributed by atoms with Crippen molar-refractivity contribution in [1.29, 1.82) is 0 Å². The standard InChI is InChI=1S/C14H15N3O3/c1-9-5-4-6-10(2)13(9)15-14(18)12-7-11(17(19)20)8-16(12)3/h4-8H,1-3H3,(H,15,18). The number of hydrogen-bond donors (Lipinski definition) is 1. The van der Waals surface area contributed by atoms with Crippen LogP contribution in [0.3, 0.4) is 0 Å². The van der Waals surface area contributed by atoms with Gasteiger partial charge < -0.3 is 9.88 Å². The number of carbonyl (C=O) groups is 1. The van der Waals surface area contributed by atoms with Crippen molar-refractivity contribution in [3.63, 3.8) is 0 Å². The molecular weight excluding hydrogens is 258 g/mol. The van der Waals surface area contributed by atoms with Crippen molar-refractivity contribution < 1.29 is 9.72 Å². The van der Waals surface area contributed by atoms with Crippen molar-refractivity contribution in [1.82, 2.24) is 4.57 Å². The maximum Gasteiger partial charge on any atom is 0.287 e. The Balaban J connectivity index is 2.31. The fourth-order valence-electron chi connectivity index (χ4n) is 2.06. The highest BCUT2D eigenvalue weighted by atomic mass is 16.6. The Labute approximate surface area is 116 Å². The minimum Gasteiger partial charge on any atom is -0.340 e. The number of nitro groups is 1. The third-order valence-electron chi connectivity index (χ3n) is 3.15. The van der Waals surface area contributed by atoms with Gasteiger partial charge in [0.15, 0.2) is 0 Å². The Hall–Kier alpha value is -2.63. The summed E-state index contributed by atoms with van der Waals surface area (Å²) in [6.07, 6.45) is 1.32.